The quantitative estimate of drug-likeness (QED) is 0.180. The lowest BCUT2D eigenvalue weighted by atomic mass is 9.60. The van der Waals surface area contributed by atoms with Gasteiger partial charge in [-0.15, -0.1) is 21.9 Å². The van der Waals surface area contributed by atoms with Crippen LogP contribution in [-0.2, 0) is 5.41 Å². The zero-order valence-electron chi connectivity index (χ0n) is 40.3. The SMILES string of the molecule is Bc1c(B)c(B)c(-c2nc3cccc(-c4ccc(-c5ccc(N(c6ccc7c(c6)C(C)(C)c6ccccc6-7)c6c(B)c(B)c(B)c(B)c6B)cc5)c5[nH]c6ccccc6c45)c3o2)c(B)c1B. The van der Waals surface area contributed by atoms with E-state index >= 15 is 0 Å². The summed E-state index contributed by atoms with van der Waals surface area (Å²) in [6.45, 7) is 4.73. The van der Waals surface area contributed by atoms with Crippen molar-refractivity contribution in [2.75, 3.05) is 4.90 Å². The molecule has 0 saturated heterocycles. The first-order valence-electron chi connectivity index (χ1n) is 23.4. The highest BCUT2D eigenvalue weighted by molar-refractivity contribution is 6.70. The molecule has 0 spiro atoms. The number of nitrogens with zero attached hydrogens (tertiary/aromatic N) is 2. The molecule has 1 aliphatic rings. The number of oxazole rings is 1. The Morgan fingerprint density at radius 3 is 1.77 bits per heavy atom. The number of aromatic amines is 1. The third kappa shape index (κ3) is 6.09. The highest BCUT2D eigenvalue weighted by Crippen LogP contribution is 2.50. The summed E-state index contributed by atoms with van der Waals surface area (Å²) in [5.41, 5.74) is 31.2. The van der Waals surface area contributed by atoms with Gasteiger partial charge in [-0.25, -0.2) is 4.98 Å². The van der Waals surface area contributed by atoms with E-state index in [0.717, 1.165) is 55.6 Å². The predicted octanol–water partition coefficient (Wildman–Crippen LogP) is -3.18. The second kappa shape index (κ2) is 15.3. The fraction of sp³-hybridized carbons (Fsp3) is 0.0577. The van der Waals surface area contributed by atoms with Crippen LogP contribution >= 0.6 is 0 Å². The van der Waals surface area contributed by atoms with E-state index in [-0.39, 0.29) is 5.41 Å². The molecule has 2 aromatic heterocycles. The van der Waals surface area contributed by atoms with Gasteiger partial charge in [-0.05, 0) is 69.8 Å². The zero-order chi connectivity index (χ0) is 46.1. The molecule has 4 nitrogen and oxygen atoms in total. The summed E-state index contributed by atoms with van der Waals surface area (Å²) in [5, 5.41) is 2.35. The summed E-state index contributed by atoms with van der Waals surface area (Å²) in [7, 11) is 22.4. The van der Waals surface area contributed by atoms with Crippen molar-refractivity contribution >= 4 is 183 Å². The molecule has 0 radical (unpaired) electrons. The molecule has 0 aliphatic heterocycles. The van der Waals surface area contributed by atoms with Crippen molar-refractivity contribution in [3.05, 3.63) is 132 Å². The van der Waals surface area contributed by atoms with Gasteiger partial charge in [0.2, 0.25) is 5.89 Å². The maximum Gasteiger partial charge on any atom is 0.226 e. The monoisotopic (exact) mass is 839 g/mol. The van der Waals surface area contributed by atoms with Crippen molar-refractivity contribution in [2.24, 2.45) is 0 Å². The topological polar surface area (TPSA) is 45.1 Å². The van der Waals surface area contributed by atoms with Crippen LogP contribution in [0.3, 0.4) is 0 Å². The van der Waals surface area contributed by atoms with Gasteiger partial charge in [-0.3, -0.25) is 0 Å². The van der Waals surface area contributed by atoms with Gasteiger partial charge >= 0.3 is 0 Å². The molecule has 14 heteroatoms. The Morgan fingerprint density at radius 1 is 0.500 bits per heavy atom. The van der Waals surface area contributed by atoms with Gasteiger partial charge in [-0.2, -0.15) is 0 Å². The maximum absolute atomic E-state index is 6.88. The van der Waals surface area contributed by atoms with Crippen LogP contribution in [0.4, 0.5) is 17.1 Å². The normalized spacial score (nSPS) is 12.8. The van der Waals surface area contributed by atoms with Gasteiger partial charge < -0.3 is 14.3 Å². The summed E-state index contributed by atoms with van der Waals surface area (Å²) in [5.74, 6) is 0.676. The minimum absolute atomic E-state index is 0.115. The van der Waals surface area contributed by atoms with Gasteiger partial charge in [-0.1, -0.05) is 132 Å². The molecular weight excluding hydrogens is 791 g/mol. The molecule has 10 aromatic rings. The van der Waals surface area contributed by atoms with Gasteiger partial charge in [0, 0.05) is 55.5 Å². The Kier molecular flexibility index (Phi) is 9.75. The van der Waals surface area contributed by atoms with E-state index in [1.54, 1.807) is 0 Å². The third-order valence-corrected chi connectivity index (χ3v) is 16.0. The molecule has 11 rings (SSSR count). The van der Waals surface area contributed by atoms with E-state index in [1.165, 1.54) is 99.0 Å². The number of benzene rings is 8. The number of aromatic nitrogens is 2. The molecule has 1 N–H and O–H groups in total. The van der Waals surface area contributed by atoms with Crippen molar-refractivity contribution in [2.45, 2.75) is 19.3 Å². The van der Waals surface area contributed by atoms with Crippen LogP contribution < -0.4 is 59.5 Å². The summed E-state index contributed by atoms with van der Waals surface area (Å²) in [6, 6.07) is 44.8. The highest BCUT2D eigenvalue weighted by atomic mass is 16.3. The molecule has 8 aromatic carbocycles. The fourth-order valence-electron chi connectivity index (χ4n) is 11.4. The van der Waals surface area contributed by atoms with Crippen LogP contribution in [0.2, 0.25) is 0 Å². The molecule has 2 heterocycles. The molecular formula is C52H47B10N3O. The van der Waals surface area contributed by atoms with Gasteiger partial charge in [0.05, 0.1) is 5.52 Å². The maximum atomic E-state index is 6.88. The lowest BCUT2D eigenvalue weighted by Gasteiger charge is -2.33. The minimum Gasteiger partial charge on any atom is -0.435 e. The van der Waals surface area contributed by atoms with Crippen molar-refractivity contribution < 1.29 is 4.42 Å². The molecule has 66 heavy (non-hydrogen) atoms. The fourth-order valence-corrected chi connectivity index (χ4v) is 11.4. The minimum atomic E-state index is -0.115. The standard InChI is InChI=1S/C52H47B10N3O/c1-52(2)32-11-5-3-8-27(32)28-19-18-25(22-33(28)52)65(49-46(61)44(59)43(58)45(60)47(49)62)24-16-14-23(15-17-24)26-20-21-29(36-31-9-4-6-12-34(31)63-48(26)36)30-10-7-13-35-50(30)66-51(64-35)37-38(53)40(55)42(57)41(56)39(37)54/h3-22,63H,53-62H2,1-2H3. The average molecular weight is 838 g/mol. The Morgan fingerprint density at radius 2 is 1.06 bits per heavy atom. The number of H-pyrrole nitrogens is 1. The number of hydrogen-bond acceptors (Lipinski definition) is 3. The summed E-state index contributed by atoms with van der Waals surface area (Å²) in [6.07, 6.45) is 0. The number of nitrogens with one attached hydrogen (secondary N) is 1. The summed E-state index contributed by atoms with van der Waals surface area (Å²) >= 11 is 0. The number of hydrogen-bond donors (Lipinski definition) is 1. The molecule has 1 aliphatic carbocycles. The third-order valence-electron chi connectivity index (χ3n) is 16.0. The number of fused-ring (bicyclic) bond motifs is 7. The highest BCUT2D eigenvalue weighted by Gasteiger charge is 2.36. The van der Waals surface area contributed by atoms with Crippen LogP contribution in [-0.4, -0.2) is 88.4 Å². The predicted molar refractivity (Wildman–Crippen MR) is 314 cm³/mol. The molecule has 0 amide bonds. The average Bonchev–Trinajstić information content (AvgIpc) is 4.01. The number of anilines is 3. The first-order valence-corrected chi connectivity index (χ1v) is 23.4. The van der Waals surface area contributed by atoms with Crippen molar-refractivity contribution in [1.82, 2.24) is 9.97 Å². The Labute approximate surface area is 396 Å². The van der Waals surface area contributed by atoms with E-state index in [2.05, 4.69) is 224 Å². The zero-order valence-corrected chi connectivity index (χ0v) is 40.3. The summed E-state index contributed by atoms with van der Waals surface area (Å²) in [4.78, 5) is 11.5. The molecule has 0 saturated carbocycles. The Bertz CT molecular complexity index is 3650. The van der Waals surface area contributed by atoms with E-state index in [1.807, 2.05) is 0 Å². The van der Waals surface area contributed by atoms with Gasteiger partial charge in [0.1, 0.15) is 84.0 Å². The Hall–Kier alpha value is -6.52. The first-order chi connectivity index (χ1) is 31.7. The smallest absolute Gasteiger partial charge is 0.226 e. The van der Waals surface area contributed by atoms with Crippen LogP contribution in [0.1, 0.15) is 25.0 Å². The van der Waals surface area contributed by atoms with Crippen LogP contribution in [0, 0.1) is 0 Å². The van der Waals surface area contributed by atoms with E-state index in [9.17, 15) is 0 Å². The van der Waals surface area contributed by atoms with Gasteiger partial charge in [0.25, 0.3) is 0 Å². The summed E-state index contributed by atoms with van der Waals surface area (Å²) < 4.78 is 6.88. The van der Waals surface area contributed by atoms with E-state index in [4.69, 9.17) is 9.40 Å². The van der Waals surface area contributed by atoms with E-state index in [0.29, 0.717) is 5.89 Å². The number of rotatable bonds is 6. The lowest BCUT2D eigenvalue weighted by Crippen LogP contribution is -2.56. The van der Waals surface area contributed by atoms with Gasteiger partial charge in [0.15, 0.2) is 5.58 Å². The second-order valence-electron chi connectivity index (χ2n) is 19.5. The van der Waals surface area contributed by atoms with Crippen molar-refractivity contribution in [3.63, 3.8) is 0 Å². The largest absolute Gasteiger partial charge is 0.435 e. The number of para-hydroxylation sites is 2. The molecule has 0 unspecified atom stereocenters. The van der Waals surface area contributed by atoms with Crippen molar-refractivity contribution in [1.29, 1.82) is 0 Å². The second-order valence-corrected chi connectivity index (χ2v) is 19.5. The van der Waals surface area contributed by atoms with Crippen LogP contribution in [0.5, 0.6) is 0 Å². The molecule has 0 fully saturated rings. The lowest BCUT2D eigenvalue weighted by molar-refractivity contribution is 0.622. The van der Waals surface area contributed by atoms with Crippen molar-refractivity contribution in [3.8, 4) is 44.8 Å². The van der Waals surface area contributed by atoms with Crippen LogP contribution in [0.15, 0.2) is 126 Å². The van der Waals surface area contributed by atoms with Crippen LogP contribution in [0.25, 0.3) is 77.7 Å². The first kappa shape index (κ1) is 42.1. The Balaban J connectivity index is 1.06. The molecule has 0 atom stereocenters. The molecule has 0 bridgehead atoms. The van der Waals surface area contributed by atoms with E-state index < -0.39 is 0 Å². The molecule has 306 valence electrons.